The molecule has 3 unspecified atom stereocenters. The molecule has 0 aromatic heterocycles. The quantitative estimate of drug-likeness (QED) is 0.682. The van der Waals surface area contributed by atoms with Crippen LogP contribution in [0.4, 0.5) is 0 Å². The second-order valence-corrected chi connectivity index (χ2v) is 6.68. The van der Waals surface area contributed by atoms with Crippen LogP contribution in [-0.2, 0) is 9.53 Å². The smallest absolute Gasteiger partial charge is 0.327 e. The van der Waals surface area contributed by atoms with Gasteiger partial charge in [-0.3, -0.25) is 9.69 Å². The molecule has 0 saturated carbocycles. The van der Waals surface area contributed by atoms with Crippen LogP contribution in [0.5, 0.6) is 0 Å². The van der Waals surface area contributed by atoms with Gasteiger partial charge in [0.2, 0.25) is 0 Å². The van der Waals surface area contributed by atoms with E-state index in [1.165, 1.54) is 0 Å². The van der Waals surface area contributed by atoms with Gasteiger partial charge in [0.25, 0.3) is 0 Å². The highest BCUT2D eigenvalue weighted by Gasteiger charge is 2.40. The molecular weight excluding hydrogens is 266 g/mol. The molecule has 1 fully saturated rings. The molecule has 1 heterocycles. The van der Waals surface area contributed by atoms with Crippen LogP contribution in [0.3, 0.4) is 0 Å². The lowest BCUT2D eigenvalue weighted by molar-refractivity contribution is -0.151. The zero-order chi connectivity index (χ0) is 16.0. The third kappa shape index (κ3) is 4.94. The van der Waals surface area contributed by atoms with Gasteiger partial charge in [0, 0.05) is 25.7 Å². The minimum Gasteiger partial charge on any atom is -0.465 e. The molecule has 0 amide bonds. The van der Waals surface area contributed by atoms with Crippen LogP contribution < -0.4 is 5.32 Å². The summed E-state index contributed by atoms with van der Waals surface area (Å²) in [7, 11) is 4.26. The van der Waals surface area contributed by atoms with Crippen molar-refractivity contribution in [2.45, 2.75) is 45.7 Å². The third-order valence-corrected chi connectivity index (χ3v) is 4.34. The maximum Gasteiger partial charge on any atom is 0.327 e. The standard InChI is InChI=1S/C16H33N3O2/c1-7-9-17-16(4,15(20)21-8-2)12-19-10-13(3)14(11-19)18(5)6/h13-14,17H,7-12H2,1-6H3. The summed E-state index contributed by atoms with van der Waals surface area (Å²) in [6.45, 7) is 12.2. The summed E-state index contributed by atoms with van der Waals surface area (Å²) < 4.78 is 5.28. The van der Waals surface area contributed by atoms with Crippen LogP contribution >= 0.6 is 0 Å². The van der Waals surface area contributed by atoms with Crippen molar-refractivity contribution >= 4 is 5.97 Å². The molecule has 1 saturated heterocycles. The van der Waals surface area contributed by atoms with Gasteiger partial charge in [0.1, 0.15) is 5.54 Å². The van der Waals surface area contributed by atoms with Crippen LogP contribution in [-0.4, -0.2) is 74.2 Å². The molecule has 3 atom stereocenters. The Kier molecular flexibility index (Phi) is 7.10. The normalized spacial score (nSPS) is 26.0. The highest BCUT2D eigenvalue weighted by molar-refractivity contribution is 5.80. The summed E-state index contributed by atoms with van der Waals surface area (Å²) in [5.74, 6) is 0.483. The molecule has 1 aliphatic rings. The fourth-order valence-electron chi connectivity index (χ4n) is 3.18. The van der Waals surface area contributed by atoms with E-state index in [0.29, 0.717) is 25.1 Å². The number of nitrogens with one attached hydrogen (secondary N) is 1. The molecule has 1 N–H and O–H groups in total. The maximum atomic E-state index is 12.3. The Morgan fingerprint density at radius 3 is 2.52 bits per heavy atom. The van der Waals surface area contributed by atoms with Crippen LogP contribution in [0, 0.1) is 5.92 Å². The summed E-state index contributed by atoms with van der Waals surface area (Å²) in [4.78, 5) is 17.0. The van der Waals surface area contributed by atoms with E-state index in [0.717, 1.165) is 26.1 Å². The monoisotopic (exact) mass is 299 g/mol. The van der Waals surface area contributed by atoms with Gasteiger partial charge in [0.05, 0.1) is 6.61 Å². The van der Waals surface area contributed by atoms with E-state index in [2.05, 4.69) is 43.1 Å². The van der Waals surface area contributed by atoms with Gasteiger partial charge in [-0.25, -0.2) is 0 Å². The van der Waals surface area contributed by atoms with Crippen LogP contribution in [0.1, 0.15) is 34.1 Å². The molecule has 0 spiro atoms. The molecule has 0 radical (unpaired) electrons. The van der Waals surface area contributed by atoms with E-state index in [1.54, 1.807) is 0 Å². The van der Waals surface area contributed by atoms with Crippen molar-refractivity contribution in [2.75, 3.05) is 46.9 Å². The summed E-state index contributed by atoms with van der Waals surface area (Å²) in [6, 6.07) is 0.558. The Morgan fingerprint density at radius 1 is 1.38 bits per heavy atom. The average Bonchev–Trinajstić information content (AvgIpc) is 2.77. The third-order valence-electron chi connectivity index (χ3n) is 4.34. The van der Waals surface area contributed by atoms with Crippen molar-refractivity contribution < 1.29 is 9.53 Å². The number of esters is 1. The zero-order valence-electron chi connectivity index (χ0n) is 14.6. The van der Waals surface area contributed by atoms with Gasteiger partial charge in [-0.05, 0) is 46.8 Å². The highest BCUT2D eigenvalue weighted by Crippen LogP contribution is 2.22. The molecule has 21 heavy (non-hydrogen) atoms. The number of hydrogen-bond donors (Lipinski definition) is 1. The zero-order valence-corrected chi connectivity index (χ0v) is 14.6. The van der Waals surface area contributed by atoms with Gasteiger partial charge < -0.3 is 15.0 Å². The van der Waals surface area contributed by atoms with E-state index < -0.39 is 5.54 Å². The van der Waals surface area contributed by atoms with Gasteiger partial charge in [-0.1, -0.05) is 13.8 Å². The first kappa shape index (κ1) is 18.4. The second-order valence-electron chi connectivity index (χ2n) is 6.68. The van der Waals surface area contributed by atoms with E-state index in [-0.39, 0.29) is 5.97 Å². The van der Waals surface area contributed by atoms with Gasteiger partial charge in [0.15, 0.2) is 0 Å². The molecular formula is C16H33N3O2. The molecule has 0 aliphatic carbocycles. The van der Waals surface area contributed by atoms with Gasteiger partial charge in [-0.15, -0.1) is 0 Å². The first-order valence-corrected chi connectivity index (χ1v) is 8.15. The van der Waals surface area contributed by atoms with E-state index in [4.69, 9.17) is 4.74 Å². The Bertz CT molecular complexity index is 335. The molecule has 0 aromatic carbocycles. The van der Waals surface area contributed by atoms with Crippen molar-refractivity contribution in [2.24, 2.45) is 5.92 Å². The van der Waals surface area contributed by atoms with Crippen molar-refractivity contribution in [3.05, 3.63) is 0 Å². The number of likely N-dealkylation sites (N-methyl/N-ethyl adjacent to an activating group) is 1. The molecule has 0 aromatic rings. The minimum absolute atomic E-state index is 0.139. The van der Waals surface area contributed by atoms with Crippen LogP contribution in [0.2, 0.25) is 0 Å². The second kappa shape index (κ2) is 8.11. The van der Waals surface area contributed by atoms with Crippen molar-refractivity contribution in [3.63, 3.8) is 0 Å². The number of likely N-dealkylation sites (tertiary alicyclic amines) is 1. The Labute approximate surface area is 130 Å². The first-order chi connectivity index (χ1) is 9.84. The van der Waals surface area contributed by atoms with Gasteiger partial charge >= 0.3 is 5.97 Å². The predicted octanol–water partition coefficient (Wildman–Crippen LogP) is 1.19. The van der Waals surface area contributed by atoms with E-state index in [1.807, 2.05) is 13.8 Å². The largest absolute Gasteiger partial charge is 0.465 e. The topological polar surface area (TPSA) is 44.8 Å². The maximum absolute atomic E-state index is 12.3. The molecule has 124 valence electrons. The number of carbonyl (C=O) groups excluding carboxylic acids is 1. The Hall–Kier alpha value is -0.650. The number of rotatable bonds is 8. The Morgan fingerprint density at radius 2 is 2.05 bits per heavy atom. The summed E-state index contributed by atoms with van der Waals surface area (Å²) in [5, 5.41) is 3.39. The molecule has 5 nitrogen and oxygen atoms in total. The van der Waals surface area contributed by atoms with E-state index in [9.17, 15) is 4.79 Å². The van der Waals surface area contributed by atoms with Crippen molar-refractivity contribution in [1.82, 2.24) is 15.1 Å². The fourth-order valence-corrected chi connectivity index (χ4v) is 3.18. The van der Waals surface area contributed by atoms with Crippen LogP contribution in [0.15, 0.2) is 0 Å². The molecule has 1 aliphatic heterocycles. The lowest BCUT2D eigenvalue weighted by atomic mass is 10.0. The number of nitrogens with zero attached hydrogens (tertiary/aromatic N) is 2. The average molecular weight is 299 g/mol. The predicted molar refractivity (Wildman–Crippen MR) is 86.4 cm³/mol. The lowest BCUT2D eigenvalue weighted by Crippen LogP contribution is -2.57. The number of carbonyl (C=O) groups is 1. The highest BCUT2D eigenvalue weighted by atomic mass is 16.5. The van der Waals surface area contributed by atoms with Crippen LogP contribution in [0.25, 0.3) is 0 Å². The SMILES string of the molecule is CCCNC(C)(CN1CC(C)C(N(C)C)C1)C(=O)OCC. The summed E-state index contributed by atoms with van der Waals surface area (Å²) >= 11 is 0. The van der Waals surface area contributed by atoms with E-state index >= 15 is 0 Å². The van der Waals surface area contributed by atoms with Crippen molar-refractivity contribution in [3.8, 4) is 0 Å². The molecule has 1 rings (SSSR count). The summed E-state index contributed by atoms with van der Waals surface area (Å²) in [5.41, 5.74) is -0.618. The molecule has 0 bridgehead atoms. The van der Waals surface area contributed by atoms with Crippen molar-refractivity contribution in [1.29, 1.82) is 0 Å². The number of ether oxygens (including phenoxy) is 1. The lowest BCUT2D eigenvalue weighted by Gasteiger charge is -2.33. The number of hydrogen-bond acceptors (Lipinski definition) is 5. The Balaban J connectivity index is 2.71. The van der Waals surface area contributed by atoms with Gasteiger partial charge in [-0.2, -0.15) is 0 Å². The summed E-state index contributed by atoms with van der Waals surface area (Å²) in [6.07, 6.45) is 1.01. The minimum atomic E-state index is -0.618. The first-order valence-electron chi connectivity index (χ1n) is 8.15. The molecule has 5 heteroatoms. The fraction of sp³-hybridized carbons (Fsp3) is 0.938.